The summed E-state index contributed by atoms with van der Waals surface area (Å²) < 4.78 is 31.7. The molecule has 0 fully saturated rings. The molecule has 2 nitrogen and oxygen atoms in total. The standard InChI is InChI=1S/C15H15F2NO/c1-19-14-7-3-5-12(15(14)17)10-18-9-11-4-2-6-13(16)8-11/h2-8,18H,9-10H2,1H3. The van der Waals surface area contributed by atoms with Crippen molar-refractivity contribution in [2.75, 3.05) is 7.11 Å². The Labute approximate surface area is 111 Å². The minimum Gasteiger partial charge on any atom is -0.494 e. The lowest BCUT2D eigenvalue weighted by Gasteiger charge is -2.09. The molecule has 0 aromatic heterocycles. The van der Waals surface area contributed by atoms with E-state index in [2.05, 4.69) is 5.32 Å². The molecule has 1 N–H and O–H groups in total. The van der Waals surface area contributed by atoms with Gasteiger partial charge in [0.25, 0.3) is 0 Å². The van der Waals surface area contributed by atoms with Crippen LogP contribution in [0.2, 0.25) is 0 Å². The molecule has 0 saturated carbocycles. The van der Waals surface area contributed by atoms with Crippen molar-refractivity contribution in [3.8, 4) is 5.75 Å². The Kier molecular flexibility index (Phi) is 4.47. The fourth-order valence-corrected chi connectivity index (χ4v) is 1.84. The summed E-state index contributed by atoms with van der Waals surface area (Å²) in [4.78, 5) is 0. The molecule has 0 aliphatic carbocycles. The Morgan fingerprint density at radius 2 is 1.84 bits per heavy atom. The smallest absolute Gasteiger partial charge is 0.169 e. The molecule has 0 radical (unpaired) electrons. The molecule has 0 amide bonds. The Morgan fingerprint density at radius 3 is 2.58 bits per heavy atom. The average Bonchev–Trinajstić information content (AvgIpc) is 2.41. The van der Waals surface area contributed by atoms with Crippen LogP contribution in [-0.4, -0.2) is 7.11 Å². The SMILES string of the molecule is COc1cccc(CNCc2cccc(F)c2)c1F. The maximum absolute atomic E-state index is 13.8. The van der Waals surface area contributed by atoms with Gasteiger partial charge in [0.2, 0.25) is 0 Å². The van der Waals surface area contributed by atoms with E-state index in [1.807, 2.05) is 6.07 Å². The number of ether oxygens (including phenoxy) is 1. The van der Waals surface area contributed by atoms with Gasteiger partial charge in [-0.25, -0.2) is 8.78 Å². The molecule has 0 bridgehead atoms. The fourth-order valence-electron chi connectivity index (χ4n) is 1.84. The summed E-state index contributed by atoms with van der Waals surface area (Å²) in [5.41, 5.74) is 1.35. The third-order valence-corrected chi connectivity index (χ3v) is 2.80. The van der Waals surface area contributed by atoms with E-state index in [0.29, 0.717) is 18.7 Å². The topological polar surface area (TPSA) is 21.3 Å². The number of hydrogen-bond donors (Lipinski definition) is 1. The summed E-state index contributed by atoms with van der Waals surface area (Å²) in [7, 11) is 1.43. The van der Waals surface area contributed by atoms with Crippen LogP contribution in [0.15, 0.2) is 42.5 Å². The maximum Gasteiger partial charge on any atom is 0.169 e. The zero-order chi connectivity index (χ0) is 13.7. The van der Waals surface area contributed by atoms with Crippen LogP contribution in [0.4, 0.5) is 8.78 Å². The maximum atomic E-state index is 13.8. The molecule has 0 heterocycles. The van der Waals surface area contributed by atoms with Crippen molar-refractivity contribution in [1.29, 1.82) is 0 Å². The average molecular weight is 263 g/mol. The van der Waals surface area contributed by atoms with Crippen molar-refractivity contribution < 1.29 is 13.5 Å². The Bertz CT molecular complexity index is 558. The Balaban J connectivity index is 1.96. The van der Waals surface area contributed by atoms with E-state index >= 15 is 0 Å². The normalized spacial score (nSPS) is 10.5. The number of halogens is 2. The first-order chi connectivity index (χ1) is 9.20. The highest BCUT2D eigenvalue weighted by Crippen LogP contribution is 2.19. The molecule has 4 heteroatoms. The molecule has 19 heavy (non-hydrogen) atoms. The van der Waals surface area contributed by atoms with E-state index in [-0.39, 0.29) is 17.4 Å². The minimum atomic E-state index is -0.364. The molecular weight excluding hydrogens is 248 g/mol. The van der Waals surface area contributed by atoms with Crippen LogP contribution in [-0.2, 0) is 13.1 Å². The largest absolute Gasteiger partial charge is 0.494 e. The monoisotopic (exact) mass is 263 g/mol. The van der Waals surface area contributed by atoms with Gasteiger partial charge in [-0.2, -0.15) is 0 Å². The van der Waals surface area contributed by atoms with Gasteiger partial charge in [0.1, 0.15) is 5.82 Å². The van der Waals surface area contributed by atoms with E-state index in [0.717, 1.165) is 5.56 Å². The second kappa shape index (κ2) is 6.29. The van der Waals surface area contributed by atoms with Crippen molar-refractivity contribution in [2.24, 2.45) is 0 Å². The molecule has 0 spiro atoms. The van der Waals surface area contributed by atoms with Gasteiger partial charge in [0.05, 0.1) is 7.11 Å². The predicted molar refractivity (Wildman–Crippen MR) is 69.9 cm³/mol. The second-order valence-corrected chi connectivity index (χ2v) is 4.17. The number of rotatable bonds is 5. The van der Waals surface area contributed by atoms with Crippen molar-refractivity contribution in [3.05, 3.63) is 65.2 Å². The summed E-state index contributed by atoms with van der Waals surface area (Å²) in [5, 5.41) is 3.08. The number of nitrogens with one attached hydrogen (secondary N) is 1. The van der Waals surface area contributed by atoms with Crippen LogP contribution in [0.3, 0.4) is 0 Å². The van der Waals surface area contributed by atoms with Crippen molar-refractivity contribution in [2.45, 2.75) is 13.1 Å². The summed E-state index contributed by atoms with van der Waals surface area (Å²) in [6, 6.07) is 11.3. The first-order valence-electron chi connectivity index (χ1n) is 5.97. The zero-order valence-corrected chi connectivity index (χ0v) is 10.6. The van der Waals surface area contributed by atoms with Gasteiger partial charge < -0.3 is 10.1 Å². The lowest BCUT2D eigenvalue weighted by Crippen LogP contribution is -2.14. The highest BCUT2D eigenvalue weighted by atomic mass is 19.1. The second-order valence-electron chi connectivity index (χ2n) is 4.17. The minimum absolute atomic E-state index is 0.227. The summed E-state index contributed by atoms with van der Waals surface area (Å²) in [6.07, 6.45) is 0. The quantitative estimate of drug-likeness (QED) is 0.894. The molecule has 100 valence electrons. The third-order valence-electron chi connectivity index (χ3n) is 2.80. The molecule has 0 saturated heterocycles. The molecule has 0 atom stereocenters. The number of benzene rings is 2. The van der Waals surface area contributed by atoms with Gasteiger partial charge in [-0.05, 0) is 23.8 Å². The van der Waals surface area contributed by atoms with Gasteiger partial charge in [0, 0.05) is 18.7 Å². The Morgan fingerprint density at radius 1 is 1.05 bits per heavy atom. The van der Waals surface area contributed by atoms with Gasteiger partial charge >= 0.3 is 0 Å². The van der Waals surface area contributed by atoms with Gasteiger partial charge in [-0.3, -0.25) is 0 Å². The van der Waals surface area contributed by atoms with Gasteiger partial charge in [-0.15, -0.1) is 0 Å². The predicted octanol–water partition coefficient (Wildman–Crippen LogP) is 3.26. The molecule has 0 aliphatic heterocycles. The van der Waals surface area contributed by atoms with Crippen LogP contribution in [0.5, 0.6) is 5.75 Å². The summed E-state index contributed by atoms with van der Waals surface area (Å²) >= 11 is 0. The van der Waals surface area contributed by atoms with Crippen LogP contribution in [0.1, 0.15) is 11.1 Å². The summed E-state index contributed by atoms with van der Waals surface area (Å²) in [5.74, 6) is -0.409. The van der Waals surface area contributed by atoms with E-state index in [1.54, 1.807) is 24.3 Å². The van der Waals surface area contributed by atoms with Crippen molar-refractivity contribution >= 4 is 0 Å². The van der Waals surface area contributed by atoms with Crippen LogP contribution >= 0.6 is 0 Å². The third kappa shape index (κ3) is 3.51. The highest BCUT2D eigenvalue weighted by molar-refractivity contribution is 5.31. The van der Waals surface area contributed by atoms with Crippen LogP contribution < -0.4 is 10.1 Å². The molecule has 2 aromatic carbocycles. The van der Waals surface area contributed by atoms with E-state index in [1.165, 1.54) is 19.2 Å². The van der Waals surface area contributed by atoms with Crippen LogP contribution in [0.25, 0.3) is 0 Å². The zero-order valence-electron chi connectivity index (χ0n) is 10.6. The first kappa shape index (κ1) is 13.5. The molecular formula is C15H15F2NO. The number of hydrogen-bond acceptors (Lipinski definition) is 2. The van der Waals surface area contributed by atoms with E-state index < -0.39 is 0 Å². The fraction of sp³-hybridized carbons (Fsp3) is 0.200. The summed E-state index contributed by atoms with van der Waals surface area (Å²) in [6.45, 7) is 0.841. The van der Waals surface area contributed by atoms with Gasteiger partial charge in [-0.1, -0.05) is 24.3 Å². The molecule has 2 aromatic rings. The molecule has 0 unspecified atom stereocenters. The Hall–Kier alpha value is -1.94. The highest BCUT2D eigenvalue weighted by Gasteiger charge is 2.07. The number of methoxy groups -OCH3 is 1. The van der Waals surface area contributed by atoms with E-state index in [4.69, 9.17) is 4.74 Å². The van der Waals surface area contributed by atoms with E-state index in [9.17, 15) is 8.78 Å². The molecule has 0 aliphatic rings. The van der Waals surface area contributed by atoms with Crippen LogP contribution in [0, 0.1) is 11.6 Å². The molecule has 2 rings (SSSR count). The van der Waals surface area contributed by atoms with Gasteiger partial charge in [0.15, 0.2) is 11.6 Å². The van der Waals surface area contributed by atoms with Crippen molar-refractivity contribution in [1.82, 2.24) is 5.32 Å². The van der Waals surface area contributed by atoms with Crippen molar-refractivity contribution in [3.63, 3.8) is 0 Å². The lowest BCUT2D eigenvalue weighted by molar-refractivity contribution is 0.383. The lowest BCUT2D eigenvalue weighted by atomic mass is 10.2. The first-order valence-corrected chi connectivity index (χ1v) is 5.97.